The zero-order valence-electron chi connectivity index (χ0n) is 12.3. The largest absolute Gasteiger partial charge is 0.497 e. The molecule has 1 atom stereocenters. The topological polar surface area (TPSA) is 67.9 Å². The molecule has 0 radical (unpaired) electrons. The number of likely N-dealkylation sites (N-methyl/N-ethyl adjacent to an activating group) is 1. The van der Waals surface area contributed by atoms with Gasteiger partial charge in [0.2, 0.25) is 11.8 Å². The lowest BCUT2D eigenvalue weighted by atomic mass is 10.0. The molecule has 1 aromatic rings. The molecule has 6 nitrogen and oxygen atoms in total. The lowest BCUT2D eigenvalue weighted by Gasteiger charge is -2.28. The molecule has 1 saturated heterocycles. The van der Waals surface area contributed by atoms with Crippen LogP contribution in [0.1, 0.15) is 12.8 Å². The van der Waals surface area contributed by atoms with Crippen LogP contribution in [0.4, 0.5) is 0 Å². The normalized spacial score (nSPS) is 18.8. The Morgan fingerprint density at radius 1 is 1.24 bits per heavy atom. The summed E-state index contributed by atoms with van der Waals surface area (Å²) in [5.41, 5.74) is 0. The van der Waals surface area contributed by atoms with E-state index in [1.165, 1.54) is 11.9 Å². The molecule has 21 heavy (non-hydrogen) atoms. The van der Waals surface area contributed by atoms with Crippen LogP contribution >= 0.6 is 0 Å². The second-order valence-corrected chi connectivity index (χ2v) is 4.86. The average molecular weight is 292 g/mol. The van der Waals surface area contributed by atoms with E-state index in [9.17, 15) is 9.59 Å². The standard InChI is InChI=1S/C15H20N2O4/c1-17-14(18)8-7-13(15(17)19)16-9-10-21-12-5-3-11(20-2)4-6-12/h3-6,13,16H,7-10H2,1-2H3. The van der Waals surface area contributed by atoms with Gasteiger partial charge in [-0.05, 0) is 30.7 Å². The van der Waals surface area contributed by atoms with Crippen molar-refractivity contribution in [3.8, 4) is 11.5 Å². The van der Waals surface area contributed by atoms with Crippen molar-refractivity contribution in [3.63, 3.8) is 0 Å². The quantitative estimate of drug-likeness (QED) is 0.621. The molecular weight excluding hydrogens is 272 g/mol. The van der Waals surface area contributed by atoms with Gasteiger partial charge in [-0.25, -0.2) is 0 Å². The Balaban J connectivity index is 1.72. The highest BCUT2D eigenvalue weighted by atomic mass is 16.5. The third kappa shape index (κ3) is 3.95. The lowest BCUT2D eigenvalue weighted by molar-refractivity contribution is -0.148. The summed E-state index contributed by atoms with van der Waals surface area (Å²) in [6, 6.07) is 7.02. The van der Waals surface area contributed by atoms with E-state index in [0.29, 0.717) is 26.0 Å². The fourth-order valence-corrected chi connectivity index (χ4v) is 2.18. The first-order chi connectivity index (χ1) is 10.1. The number of benzene rings is 1. The molecule has 0 bridgehead atoms. The molecule has 1 aliphatic heterocycles. The molecular formula is C15H20N2O4. The molecule has 0 aliphatic carbocycles. The van der Waals surface area contributed by atoms with Crippen molar-refractivity contribution < 1.29 is 19.1 Å². The molecule has 6 heteroatoms. The summed E-state index contributed by atoms with van der Waals surface area (Å²) in [5, 5.41) is 3.12. The average Bonchev–Trinajstić information content (AvgIpc) is 2.51. The summed E-state index contributed by atoms with van der Waals surface area (Å²) in [4.78, 5) is 24.4. The number of carbonyl (C=O) groups is 2. The summed E-state index contributed by atoms with van der Waals surface area (Å²) in [7, 11) is 3.13. The van der Waals surface area contributed by atoms with Gasteiger partial charge in [-0.3, -0.25) is 14.5 Å². The number of likely N-dealkylation sites (tertiary alicyclic amines) is 1. The number of carbonyl (C=O) groups excluding carboxylic acids is 2. The number of amides is 2. The fraction of sp³-hybridized carbons (Fsp3) is 0.467. The maximum absolute atomic E-state index is 11.9. The highest BCUT2D eigenvalue weighted by molar-refractivity contribution is 6.00. The second kappa shape index (κ2) is 7.08. The number of ether oxygens (including phenoxy) is 2. The van der Waals surface area contributed by atoms with Gasteiger partial charge in [0.15, 0.2) is 0 Å². The lowest BCUT2D eigenvalue weighted by Crippen LogP contribution is -2.52. The minimum atomic E-state index is -0.299. The van der Waals surface area contributed by atoms with E-state index in [0.717, 1.165) is 11.5 Å². The van der Waals surface area contributed by atoms with Gasteiger partial charge in [-0.2, -0.15) is 0 Å². The number of nitrogens with zero attached hydrogens (tertiary/aromatic N) is 1. The zero-order valence-corrected chi connectivity index (χ0v) is 12.3. The third-order valence-electron chi connectivity index (χ3n) is 3.47. The molecule has 1 heterocycles. The maximum Gasteiger partial charge on any atom is 0.246 e. The molecule has 0 aromatic heterocycles. The van der Waals surface area contributed by atoms with Gasteiger partial charge in [0.25, 0.3) is 0 Å². The predicted molar refractivity (Wildman–Crippen MR) is 77.3 cm³/mol. The number of piperidine rings is 1. The van der Waals surface area contributed by atoms with Crippen molar-refractivity contribution in [1.82, 2.24) is 10.2 Å². The summed E-state index contributed by atoms with van der Waals surface area (Å²) in [5.74, 6) is 1.24. The first kappa shape index (κ1) is 15.3. The summed E-state index contributed by atoms with van der Waals surface area (Å²) in [6.45, 7) is 0.998. The second-order valence-electron chi connectivity index (χ2n) is 4.86. The maximum atomic E-state index is 11.9. The van der Waals surface area contributed by atoms with E-state index < -0.39 is 0 Å². The van der Waals surface area contributed by atoms with Crippen LogP contribution in [0.2, 0.25) is 0 Å². The van der Waals surface area contributed by atoms with Crippen LogP contribution in [-0.4, -0.2) is 50.1 Å². The minimum Gasteiger partial charge on any atom is -0.497 e. The highest BCUT2D eigenvalue weighted by Gasteiger charge is 2.30. The van der Waals surface area contributed by atoms with Crippen LogP contribution in [0.15, 0.2) is 24.3 Å². The number of imide groups is 1. The van der Waals surface area contributed by atoms with Crippen LogP contribution in [0, 0.1) is 0 Å². The SMILES string of the molecule is COc1ccc(OCCNC2CCC(=O)N(C)C2=O)cc1. The van der Waals surface area contributed by atoms with E-state index in [1.807, 2.05) is 24.3 Å². The van der Waals surface area contributed by atoms with E-state index in [2.05, 4.69) is 5.32 Å². The summed E-state index contributed by atoms with van der Waals surface area (Å²) in [6.07, 6.45) is 0.948. The van der Waals surface area contributed by atoms with Gasteiger partial charge in [0, 0.05) is 20.0 Å². The Bertz CT molecular complexity index is 501. The first-order valence-electron chi connectivity index (χ1n) is 6.92. The molecule has 114 valence electrons. The Morgan fingerprint density at radius 2 is 1.90 bits per heavy atom. The van der Waals surface area contributed by atoms with Gasteiger partial charge in [-0.1, -0.05) is 0 Å². The Morgan fingerprint density at radius 3 is 2.57 bits per heavy atom. The van der Waals surface area contributed by atoms with Crippen LogP contribution < -0.4 is 14.8 Å². The number of methoxy groups -OCH3 is 1. The molecule has 2 rings (SSSR count). The minimum absolute atomic E-state index is 0.118. The Kier molecular flexibility index (Phi) is 5.16. The number of nitrogens with one attached hydrogen (secondary N) is 1. The third-order valence-corrected chi connectivity index (χ3v) is 3.47. The van der Waals surface area contributed by atoms with Crippen molar-refractivity contribution >= 4 is 11.8 Å². The molecule has 0 spiro atoms. The van der Waals surface area contributed by atoms with Crippen molar-refractivity contribution in [2.24, 2.45) is 0 Å². The van der Waals surface area contributed by atoms with Crippen LogP contribution in [-0.2, 0) is 9.59 Å². The van der Waals surface area contributed by atoms with E-state index >= 15 is 0 Å². The van der Waals surface area contributed by atoms with Crippen LogP contribution in [0.25, 0.3) is 0 Å². The number of hydrogen-bond acceptors (Lipinski definition) is 5. The number of rotatable bonds is 6. The Hall–Kier alpha value is -2.08. The smallest absolute Gasteiger partial charge is 0.246 e. The van der Waals surface area contributed by atoms with Gasteiger partial charge in [0.1, 0.15) is 18.1 Å². The monoisotopic (exact) mass is 292 g/mol. The predicted octanol–water partition coefficient (Wildman–Crippen LogP) is 0.811. The van der Waals surface area contributed by atoms with Crippen molar-refractivity contribution in [2.75, 3.05) is 27.3 Å². The molecule has 1 N–H and O–H groups in total. The van der Waals surface area contributed by atoms with E-state index in [1.54, 1.807) is 7.11 Å². The van der Waals surface area contributed by atoms with Gasteiger partial charge in [0.05, 0.1) is 13.2 Å². The van der Waals surface area contributed by atoms with E-state index in [-0.39, 0.29) is 17.9 Å². The molecule has 1 unspecified atom stereocenters. The fourth-order valence-electron chi connectivity index (χ4n) is 2.18. The molecule has 1 fully saturated rings. The van der Waals surface area contributed by atoms with E-state index in [4.69, 9.17) is 9.47 Å². The molecule has 1 aliphatic rings. The molecule has 0 saturated carbocycles. The molecule has 1 aromatic carbocycles. The van der Waals surface area contributed by atoms with Crippen LogP contribution in [0.5, 0.6) is 11.5 Å². The van der Waals surface area contributed by atoms with Gasteiger partial charge in [-0.15, -0.1) is 0 Å². The van der Waals surface area contributed by atoms with Crippen molar-refractivity contribution in [2.45, 2.75) is 18.9 Å². The van der Waals surface area contributed by atoms with Crippen LogP contribution in [0.3, 0.4) is 0 Å². The van der Waals surface area contributed by atoms with Gasteiger partial charge < -0.3 is 14.8 Å². The highest BCUT2D eigenvalue weighted by Crippen LogP contribution is 2.16. The van der Waals surface area contributed by atoms with Crippen molar-refractivity contribution in [3.05, 3.63) is 24.3 Å². The van der Waals surface area contributed by atoms with Gasteiger partial charge >= 0.3 is 0 Å². The summed E-state index contributed by atoms with van der Waals surface area (Å²) >= 11 is 0. The summed E-state index contributed by atoms with van der Waals surface area (Å²) < 4.78 is 10.6. The van der Waals surface area contributed by atoms with Crippen molar-refractivity contribution in [1.29, 1.82) is 0 Å². The Labute approximate surface area is 124 Å². The zero-order chi connectivity index (χ0) is 15.2. The molecule has 2 amide bonds. The number of hydrogen-bond donors (Lipinski definition) is 1. The first-order valence-corrected chi connectivity index (χ1v) is 6.92.